The first-order valence-electron chi connectivity index (χ1n) is 9.74. The molecule has 0 N–H and O–H groups in total. The quantitative estimate of drug-likeness (QED) is 0.442. The highest BCUT2D eigenvalue weighted by Gasteiger charge is 2.75. The van der Waals surface area contributed by atoms with E-state index in [0.29, 0.717) is 29.2 Å². The summed E-state index contributed by atoms with van der Waals surface area (Å²) in [5.41, 5.74) is -0.470. The zero-order chi connectivity index (χ0) is 18.1. The summed E-state index contributed by atoms with van der Waals surface area (Å²) in [6.45, 7) is 11.2. The molecule has 4 heteroatoms. The van der Waals surface area contributed by atoms with E-state index in [2.05, 4.69) is 6.58 Å². The molecule has 7 atom stereocenters. The van der Waals surface area contributed by atoms with Crippen molar-refractivity contribution in [2.45, 2.75) is 71.5 Å². The van der Waals surface area contributed by atoms with Gasteiger partial charge in [-0.25, -0.2) is 4.79 Å². The standard InChI is InChI=1S/C21H30O4/c1-11(2)18(22)24-16-10-13-9-15(16)21(19(23)25-20(3,4)5)14-7-6-12(8-14)17(13)21/h12-17H,1,6-10H2,2-5H3. The lowest BCUT2D eigenvalue weighted by molar-refractivity contribution is -0.189. The Morgan fingerprint density at radius 1 is 1.08 bits per heavy atom. The normalized spacial score (nSPS) is 43.8. The monoisotopic (exact) mass is 346 g/mol. The van der Waals surface area contributed by atoms with E-state index < -0.39 is 11.0 Å². The highest BCUT2D eigenvalue weighted by atomic mass is 16.6. The highest BCUT2D eigenvalue weighted by molar-refractivity contribution is 5.87. The van der Waals surface area contributed by atoms with E-state index in [-0.39, 0.29) is 24.0 Å². The Morgan fingerprint density at radius 2 is 1.80 bits per heavy atom. The van der Waals surface area contributed by atoms with Crippen molar-refractivity contribution in [2.24, 2.45) is 35.0 Å². The first-order chi connectivity index (χ1) is 11.6. The van der Waals surface area contributed by atoms with Crippen molar-refractivity contribution in [3.63, 3.8) is 0 Å². The Balaban J connectivity index is 1.67. The summed E-state index contributed by atoms with van der Waals surface area (Å²) in [7, 11) is 0. The zero-order valence-corrected chi connectivity index (χ0v) is 15.8. The summed E-state index contributed by atoms with van der Waals surface area (Å²) in [5.74, 6) is 1.76. The average Bonchev–Trinajstić information content (AvgIpc) is 3.22. The molecule has 138 valence electrons. The van der Waals surface area contributed by atoms with Gasteiger partial charge in [-0.2, -0.15) is 0 Å². The van der Waals surface area contributed by atoms with Crippen molar-refractivity contribution in [1.29, 1.82) is 0 Å². The van der Waals surface area contributed by atoms with Crippen LogP contribution >= 0.6 is 0 Å². The molecule has 4 nitrogen and oxygen atoms in total. The van der Waals surface area contributed by atoms with E-state index >= 15 is 0 Å². The van der Waals surface area contributed by atoms with Crippen LogP contribution in [0.25, 0.3) is 0 Å². The van der Waals surface area contributed by atoms with Crippen molar-refractivity contribution >= 4 is 11.9 Å². The maximum absolute atomic E-state index is 13.4. The van der Waals surface area contributed by atoms with Gasteiger partial charge >= 0.3 is 11.9 Å². The predicted octanol–water partition coefficient (Wildman–Crippen LogP) is 3.89. The van der Waals surface area contributed by atoms with Crippen molar-refractivity contribution < 1.29 is 19.1 Å². The minimum Gasteiger partial charge on any atom is -0.460 e. The summed E-state index contributed by atoms with van der Waals surface area (Å²) in [4.78, 5) is 25.5. The van der Waals surface area contributed by atoms with Crippen molar-refractivity contribution in [3.8, 4) is 0 Å². The smallest absolute Gasteiger partial charge is 0.333 e. The van der Waals surface area contributed by atoms with Crippen molar-refractivity contribution in [3.05, 3.63) is 12.2 Å². The molecule has 0 aromatic rings. The number of carbonyl (C=O) groups excluding carboxylic acids is 2. The third-order valence-electron chi connectivity index (χ3n) is 7.23. The molecule has 0 aromatic heterocycles. The predicted molar refractivity (Wildman–Crippen MR) is 93.5 cm³/mol. The Kier molecular flexibility index (Phi) is 3.66. The molecule has 0 amide bonds. The molecule has 4 bridgehead atoms. The van der Waals surface area contributed by atoms with E-state index in [1.54, 1.807) is 6.92 Å². The number of fused-ring (bicyclic) bond motifs is 9. The molecule has 7 unspecified atom stereocenters. The molecule has 4 fully saturated rings. The van der Waals surface area contributed by atoms with Gasteiger partial charge in [0, 0.05) is 11.5 Å². The molecule has 0 saturated heterocycles. The maximum Gasteiger partial charge on any atom is 0.333 e. The fraction of sp³-hybridized carbons (Fsp3) is 0.810. The molecule has 0 spiro atoms. The molecule has 25 heavy (non-hydrogen) atoms. The SMILES string of the molecule is C=C(C)C(=O)OC1CC2CC1C1(C(=O)OC(C)(C)C)C3CCC(C3)C21. The second-order valence-corrected chi connectivity index (χ2v) is 9.79. The topological polar surface area (TPSA) is 52.6 Å². The van der Waals surface area contributed by atoms with Crippen LogP contribution in [0.1, 0.15) is 59.8 Å². The van der Waals surface area contributed by atoms with Gasteiger partial charge in [-0.05, 0) is 83.5 Å². The molecule has 0 aromatic carbocycles. The van der Waals surface area contributed by atoms with Gasteiger partial charge in [0.05, 0.1) is 5.41 Å². The molecule has 4 rings (SSSR count). The number of carbonyl (C=O) groups is 2. The first kappa shape index (κ1) is 17.1. The van der Waals surface area contributed by atoms with Gasteiger partial charge < -0.3 is 9.47 Å². The molecule has 4 aliphatic rings. The van der Waals surface area contributed by atoms with Crippen LogP contribution in [0.2, 0.25) is 0 Å². The van der Waals surface area contributed by atoms with Crippen molar-refractivity contribution in [1.82, 2.24) is 0 Å². The third-order valence-corrected chi connectivity index (χ3v) is 7.23. The van der Waals surface area contributed by atoms with E-state index in [4.69, 9.17) is 9.47 Å². The van der Waals surface area contributed by atoms with Crippen LogP contribution < -0.4 is 0 Å². The minimum atomic E-state index is -0.482. The molecule has 0 radical (unpaired) electrons. The van der Waals surface area contributed by atoms with Gasteiger partial charge in [0.2, 0.25) is 0 Å². The minimum absolute atomic E-state index is 0.0271. The van der Waals surface area contributed by atoms with Crippen molar-refractivity contribution in [2.75, 3.05) is 0 Å². The number of hydrogen-bond donors (Lipinski definition) is 0. The van der Waals surface area contributed by atoms with Crippen LogP contribution in [0.5, 0.6) is 0 Å². The summed E-state index contributed by atoms with van der Waals surface area (Å²) < 4.78 is 11.7. The lowest BCUT2D eigenvalue weighted by atomic mass is 9.58. The molecule has 0 aliphatic heterocycles. The number of rotatable bonds is 3. The Labute approximate surface area is 150 Å². The summed E-state index contributed by atoms with van der Waals surface area (Å²) >= 11 is 0. The van der Waals surface area contributed by atoms with E-state index in [9.17, 15) is 9.59 Å². The third kappa shape index (κ3) is 2.32. The van der Waals surface area contributed by atoms with Crippen LogP contribution in [-0.4, -0.2) is 23.6 Å². The first-order valence-corrected chi connectivity index (χ1v) is 9.74. The van der Waals surface area contributed by atoms with Gasteiger partial charge in [-0.3, -0.25) is 4.79 Å². The fourth-order valence-corrected chi connectivity index (χ4v) is 6.79. The van der Waals surface area contributed by atoms with E-state index in [0.717, 1.165) is 25.7 Å². The van der Waals surface area contributed by atoms with Crippen LogP contribution in [0, 0.1) is 35.0 Å². The van der Waals surface area contributed by atoms with Gasteiger partial charge in [0.25, 0.3) is 0 Å². The number of esters is 2. The molecule has 4 saturated carbocycles. The number of hydrogen-bond acceptors (Lipinski definition) is 4. The summed E-state index contributed by atoms with van der Waals surface area (Å²) in [6, 6.07) is 0. The average molecular weight is 346 g/mol. The molecular formula is C21H30O4. The largest absolute Gasteiger partial charge is 0.460 e. The second kappa shape index (κ2) is 5.34. The molecule has 4 aliphatic carbocycles. The highest BCUT2D eigenvalue weighted by Crippen LogP contribution is 2.75. The van der Waals surface area contributed by atoms with Gasteiger partial charge in [0.15, 0.2) is 0 Å². The van der Waals surface area contributed by atoms with Crippen LogP contribution in [0.4, 0.5) is 0 Å². The van der Waals surface area contributed by atoms with Crippen LogP contribution in [0.15, 0.2) is 12.2 Å². The van der Waals surface area contributed by atoms with E-state index in [1.165, 1.54) is 6.42 Å². The Bertz CT molecular complexity index is 630. The molecular weight excluding hydrogens is 316 g/mol. The number of ether oxygens (including phenoxy) is 2. The lowest BCUT2D eigenvalue weighted by Gasteiger charge is -2.48. The molecule has 0 heterocycles. The van der Waals surface area contributed by atoms with Gasteiger partial charge in [-0.1, -0.05) is 6.58 Å². The lowest BCUT2D eigenvalue weighted by Crippen LogP contribution is -2.54. The van der Waals surface area contributed by atoms with Crippen LogP contribution in [0.3, 0.4) is 0 Å². The maximum atomic E-state index is 13.4. The Morgan fingerprint density at radius 3 is 2.44 bits per heavy atom. The summed E-state index contributed by atoms with van der Waals surface area (Å²) in [5, 5.41) is 0. The van der Waals surface area contributed by atoms with Crippen LogP contribution in [-0.2, 0) is 19.1 Å². The Hall–Kier alpha value is -1.32. The summed E-state index contributed by atoms with van der Waals surface area (Å²) in [6.07, 6.45) is 5.27. The second-order valence-electron chi connectivity index (χ2n) is 9.79. The van der Waals surface area contributed by atoms with Gasteiger partial charge in [-0.15, -0.1) is 0 Å². The fourth-order valence-electron chi connectivity index (χ4n) is 6.79. The zero-order valence-electron chi connectivity index (χ0n) is 15.8. The van der Waals surface area contributed by atoms with Gasteiger partial charge in [0.1, 0.15) is 11.7 Å². The van der Waals surface area contributed by atoms with E-state index in [1.807, 2.05) is 20.8 Å².